The quantitative estimate of drug-likeness (QED) is 0.674. The van der Waals surface area contributed by atoms with E-state index >= 15 is 0 Å². The molecule has 0 aliphatic heterocycles. The molecule has 5 nitrogen and oxygen atoms in total. The predicted molar refractivity (Wildman–Crippen MR) is 91.9 cm³/mol. The number of nitriles is 1. The molecule has 120 valence electrons. The van der Waals surface area contributed by atoms with E-state index in [1.165, 1.54) is 18.1 Å². The van der Waals surface area contributed by atoms with E-state index in [0.717, 1.165) is 15.9 Å². The summed E-state index contributed by atoms with van der Waals surface area (Å²) < 4.78 is 0. The van der Waals surface area contributed by atoms with Gasteiger partial charge in [0.15, 0.2) is 0 Å². The number of thioether (sulfide) groups is 1. The van der Waals surface area contributed by atoms with Crippen LogP contribution in [-0.2, 0) is 4.79 Å². The predicted octanol–water partition coefficient (Wildman–Crippen LogP) is 3.16. The van der Waals surface area contributed by atoms with Crippen LogP contribution in [0, 0.1) is 17.2 Å². The molecular weight excluding hydrogens is 308 g/mol. The highest BCUT2D eigenvalue weighted by Gasteiger charge is 2.32. The first-order valence-electron chi connectivity index (χ1n) is 7.47. The van der Waals surface area contributed by atoms with Crippen molar-refractivity contribution in [2.24, 2.45) is 5.92 Å². The molecule has 23 heavy (non-hydrogen) atoms. The monoisotopic (exact) mass is 328 g/mol. The minimum atomic E-state index is -0.875. The van der Waals surface area contributed by atoms with E-state index in [0.29, 0.717) is 0 Å². The highest BCUT2D eigenvalue weighted by Crippen LogP contribution is 2.28. The molecule has 0 saturated heterocycles. The van der Waals surface area contributed by atoms with E-state index in [4.69, 9.17) is 0 Å². The first-order chi connectivity index (χ1) is 10.9. The van der Waals surface area contributed by atoms with Crippen molar-refractivity contribution in [2.45, 2.75) is 43.5 Å². The number of para-hydroxylation sites is 1. The molecule has 6 heteroatoms. The fraction of sp³-hybridized carbons (Fsp3) is 0.412. The zero-order chi connectivity index (χ0) is 17.0. The van der Waals surface area contributed by atoms with Crippen LogP contribution in [0.4, 0.5) is 0 Å². The average molecular weight is 328 g/mol. The van der Waals surface area contributed by atoms with Gasteiger partial charge >= 0.3 is 0 Å². The number of nitrogens with one attached hydrogen (secondary N) is 1. The number of fused-ring (bicyclic) bond motifs is 1. The molecule has 1 aromatic heterocycles. The lowest BCUT2D eigenvalue weighted by Crippen LogP contribution is -2.51. The Balaban J connectivity index is 2.16. The summed E-state index contributed by atoms with van der Waals surface area (Å²) in [6.07, 6.45) is 1.50. The topological polar surface area (TPSA) is 78.7 Å². The second-order valence-corrected chi connectivity index (χ2v) is 7.24. The molecule has 1 amide bonds. The molecule has 2 aromatic rings. The van der Waals surface area contributed by atoms with Gasteiger partial charge in [0.05, 0.1) is 16.8 Å². The molecule has 2 rings (SSSR count). The minimum Gasteiger partial charge on any atom is -0.337 e. The molecule has 0 spiro atoms. The lowest BCUT2D eigenvalue weighted by atomic mass is 9.90. The summed E-state index contributed by atoms with van der Waals surface area (Å²) in [4.78, 5) is 20.9. The zero-order valence-electron chi connectivity index (χ0n) is 13.7. The molecule has 0 aliphatic rings. The highest BCUT2D eigenvalue weighted by atomic mass is 32.2. The Morgan fingerprint density at radius 3 is 2.65 bits per heavy atom. The van der Waals surface area contributed by atoms with Crippen molar-refractivity contribution in [1.29, 1.82) is 5.26 Å². The van der Waals surface area contributed by atoms with Gasteiger partial charge in [0.25, 0.3) is 0 Å². The maximum Gasteiger partial charge on any atom is 0.234 e. The maximum atomic E-state index is 12.4. The van der Waals surface area contributed by atoms with Crippen molar-refractivity contribution < 1.29 is 4.79 Å². The third-order valence-corrected chi connectivity index (χ3v) is 5.05. The van der Waals surface area contributed by atoms with Crippen LogP contribution >= 0.6 is 11.8 Å². The average Bonchev–Trinajstić information content (AvgIpc) is 2.54. The summed E-state index contributed by atoms with van der Waals surface area (Å²) in [6.45, 7) is 7.39. The van der Waals surface area contributed by atoms with Crippen LogP contribution in [0.5, 0.6) is 0 Å². The summed E-state index contributed by atoms with van der Waals surface area (Å²) in [7, 11) is 0. The Bertz CT molecular complexity index is 750. The van der Waals surface area contributed by atoms with Crippen molar-refractivity contribution in [1.82, 2.24) is 15.3 Å². The highest BCUT2D eigenvalue weighted by molar-refractivity contribution is 8.00. The third kappa shape index (κ3) is 3.80. The summed E-state index contributed by atoms with van der Waals surface area (Å²) >= 11 is 1.37. The molecule has 0 radical (unpaired) electrons. The Hall–Kier alpha value is -2.13. The van der Waals surface area contributed by atoms with Crippen LogP contribution in [0.1, 0.15) is 27.7 Å². The normalized spacial score (nSPS) is 15.0. The molecular formula is C17H20N4OS. The number of amides is 1. The van der Waals surface area contributed by atoms with Gasteiger partial charge < -0.3 is 5.32 Å². The van der Waals surface area contributed by atoms with Crippen molar-refractivity contribution in [2.75, 3.05) is 0 Å². The molecule has 1 N–H and O–H groups in total. The Morgan fingerprint density at radius 2 is 2.00 bits per heavy atom. The smallest absolute Gasteiger partial charge is 0.234 e. The van der Waals surface area contributed by atoms with Crippen LogP contribution < -0.4 is 5.32 Å². The number of hydrogen-bond acceptors (Lipinski definition) is 5. The van der Waals surface area contributed by atoms with Crippen LogP contribution in [0.3, 0.4) is 0 Å². The van der Waals surface area contributed by atoms with Gasteiger partial charge in [0, 0.05) is 5.39 Å². The van der Waals surface area contributed by atoms with Crippen LogP contribution in [0.2, 0.25) is 0 Å². The van der Waals surface area contributed by atoms with E-state index in [-0.39, 0.29) is 17.1 Å². The van der Waals surface area contributed by atoms with Gasteiger partial charge in [-0.25, -0.2) is 9.97 Å². The molecule has 0 unspecified atom stereocenters. The van der Waals surface area contributed by atoms with E-state index in [2.05, 4.69) is 21.4 Å². The van der Waals surface area contributed by atoms with Gasteiger partial charge in [-0.15, -0.1) is 0 Å². The Kier molecular flexibility index (Phi) is 5.22. The summed E-state index contributed by atoms with van der Waals surface area (Å²) in [5.41, 5.74) is -0.0266. The second-order valence-electron chi connectivity index (χ2n) is 5.91. The van der Waals surface area contributed by atoms with Crippen LogP contribution in [0.25, 0.3) is 10.9 Å². The third-order valence-electron chi connectivity index (χ3n) is 3.93. The lowest BCUT2D eigenvalue weighted by molar-refractivity contribution is -0.121. The molecule has 0 fully saturated rings. The summed E-state index contributed by atoms with van der Waals surface area (Å²) in [6, 6.07) is 9.88. The number of carbonyl (C=O) groups is 1. The Morgan fingerprint density at radius 1 is 1.30 bits per heavy atom. The lowest BCUT2D eigenvalue weighted by Gasteiger charge is -2.28. The van der Waals surface area contributed by atoms with E-state index in [1.54, 1.807) is 6.92 Å². The largest absolute Gasteiger partial charge is 0.337 e. The molecule has 2 atom stereocenters. The first-order valence-corrected chi connectivity index (χ1v) is 8.35. The van der Waals surface area contributed by atoms with Crippen LogP contribution in [0.15, 0.2) is 35.6 Å². The fourth-order valence-electron chi connectivity index (χ4n) is 1.95. The Labute approximate surface area is 140 Å². The van der Waals surface area contributed by atoms with Gasteiger partial charge in [0.1, 0.15) is 16.9 Å². The number of nitrogens with zero attached hydrogens (tertiary/aromatic N) is 3. The number of aromatic nitrogens is 2. The van der Waals surface area contributed by atoms with E-state index < -0.39 is 5.54 Å². The van der Waals surface area contributed by atoms with Gasteiger partial charge in [-0.05, 0) is 25.8 Å². The summed E-state index contributed by atoms with van der Waals surface area (Å²) in [5, 5.41) is 13.5. The number of rotatable bonds is 5. The first kappa shape index (κ1) is 17.2. The van der Waals surface area contributed by atoms with Crippen molar-refractivity contribution in [3.05, 3.63) is 30.6 Å². The van der Waals surface area contributed by atoms with Crippen molar-refractivity contribution in [3.8, 4) is 6.07 Å². The van der Waals surface area contributed by atoms with Crippen molar-refractivity contribution in [3.63, 3.8) is 0 Å². The number of hydrogen-bond donors (Lipinski definition) is 1. The molecule has 1 heterocycles. The van der Waals surface area contributed by atoms with E-state index in [9.17, 15) is 10.1 Å². The molecule has 0 saturated carbocycles. The van der Waals surface area contributed by atoms with Gasteiger partial charge in [-0.3, -0.25) is 4.79 Å². The molecule has 1 aromatic carbocycles. The zero-order valence-corrected chi connectivity index (χ0v) is 14.5. The standard InChI is InChI=1S/C17H20N4OS/c1-11(2)17(4,9-18)21-15(22)12(3)23-16-13-7-5-6-8-14(13)19-10-20-16/h5-8,10-12H,1-4H3,(H,21,22)/t12-,17+/m1/s1. The molecule has 0 bridgehead atoms. The maximum absolute atomic E-state index is 12.4. The summed E-state index contributed by atoms with van der Waals surface area (Å²) in [5.74, 6) is -0.149. The second kappa shape index (κ2) is 6.97. The SMILES string of the molecule is CC(C)[C@](C)(C#N)NC(=O)[C@@H](C)Sc1ncnc2ccccc12. The van der Waals surface area contributed by atoms with Gasteiger partial charge in [-0.2, -0.15) is 5.26 Å². The number of benzene rings is 1. The van der Waals surface area contributed by atoms with E-state index in [1.807, 2.05) is 45.0 Å². The van der Waals surface area contributed by atoms with Crippen LogP contribution in [-0.4, -0.2) is 26.7 Å². The van der Waals surface area contributed by atoms with Gasteiger partial charge in [0.2, 0.25) is 5.91 Å². The number of carbonyl (C=O) groups excluding carboxylic acids is 1. The molecule has 0 aliphatic carbocycles. The minimum absolute atomic E-state index is 0.0218. The van der Waals surface area contributed by atoms with Gasteiger partial charge in [-0.1, -0.05) is 43.8 Å². The van der Waals surface area contributed by atoms with Crippen molar-refractivity contribution >= 4 is 28.6 Å². The fourth-order valence-corrected chi connectivity index (χ4v) is 2.86.